The maximum atomic E-state index is 11.3. The summed E-state index contributed by atoms with van der Waals surface area (Å²) in [5, 5.41) is 9.96. The van der Waals surface area contributed by atoms with Gasteiger partial charge in [0.25, 0.3) is 0 Å². The first kappa shape index (κ1) is 26.2. The molecule has 0 aromatic carbocycles. The van der Waals surface area contributed by atoms with Gasteiger partial charge in [0.15, 0.2) is 6.29 Å². The highest BCUT2D eigenvalue weighted by molar-refractivity contribution is 7.47. The number of aliphatic hydroxyl groups excluding tert-OH is 1. The predicted molar refractivity (Wildman–Crippen MR) is 87.4 cm³/mol. The standard InChI is InChI=1S/C10H23O15P3/c1-2-3-4-21-5-6-7(23-26(12,13)14)8(24-27(15,16)17)9(10(11)22-6)25-28(18,19)20/h6-11H,2-5H2,1H3,(H2,12,13,14)(H2,15,16,17)(H2,18,19,20)/t6-,7+,8+,9-,10?/m1/s1. The molecule has 15 nitrogen and oxygen atoms in total. The van der Waals surface area contributed by atoms with Crippen LogP contribution in [0.1, 0.15) is 19.8 Å². The lowest BCUT2D eigenvalue weighted by Gasteiger charge is -2.43. The molecule has 1 unspecified atom stereocenters. The van der Waals surface area contributed by atoms with Gasteiger partial charge >= 0.3 is 23.5 Å². The summed E-state index contributed by atoms with van der Waals surface area (Å²) in [5.41, 5.74) is 0. The van der Waals surface area contributed by atoms with Crippen molar-refractivity contribution < 1.29 is 71.2 Å². The molecule has 168 valence electrons. The molecule has 0 aliphatic carbocycles. The average molecular weight is 476 g/mol. The van der Waals surface area contributed by atoms with Gasteiger partial charge in [0, 0.05) is 6.61 Å². The van der Waals surface area contributed by atoms with Crippen LogP contribution in [-0.2, 0) is 36.7 Å². The molecule has 0 bridgehead atoms. The van der Waals surface area contributed by atoms with Crippen molar-refractivity contribution in [2.24, 2.45) is 0 Å². The number of hydrogen-bond donors (Lipinski definition) is 7. The minimum atomic E-state index is -5.40. The van der Waals surface area contributed by atoms with E-state index < -0.39 is 60.8 Å². The lowest BCUT2D eigenvalue weighted by molar-refractivity contribution is -0.279. The van der Waals surface area contributed by atoms with E-state index in [1.165, 1.54) is 0 Å². The molecular weight excluding hydrogens is 453 g/mol. The summed E-state index contributed by atoms with van der Waals surface area (Å²) in [5.74, 6) is 0. The van der Waals surface area contributed by atoms with Gasteiger partial charge in [0.2, 0.25) is 0 Å². The Morgan fingerprint density at radius 3 is 1.75 bits per heavy atom. The van der Waals surface area contributed by atoms with Gasteiger partial charge in [-0.25, -0.2) is 13.7 Å². The van der Waals surface area contributed by atoms with Crippen LogP contribution in [-0.4, -0.2) is 78.4 Å². The molecule has 0 radical (unpaired) electrons. The average Bonchev–Trinajstić information content (AvgIpc) is 2.47. The van der Waals surface area contributed by atoms with Crippen LogP contribution in [0.4, 0.5) is 0 Å². The fourth-order valence-electron chi connectivity index (χ4n) is 2.31. The van der Waals surface area contributed by atoms with E-state index in [2.05, 4.69) is 13.6 Å². The molecule has 0 aromatic heterocycles. The van der Waals surface area contributed by atoms with Crippen molar-refractivity contribution in [3.8, 4) is 0 Å². The number of rotatable bonds is 11. The largest absolute Gasteiger partial charge is 0.470 e. The van der Waals surface area contributed by atoms with Crippen LogP contribution >= 0.6 is 23.5 Å². The van der Waals surface area contributed by atoms with Crippen molar-refractivity contribution in [1.82, 2.24) is 0 Å². The van der Waals surface area contributed by atoms with Crippen molar-refractivity contribution >= 4 is 23.5 Å². The molecule has 0 amide bonds. The fourth-order valence-corrected chi connectivity index (χ4v) is 3.98. The van der Waals surface area contributed by atoms with E-state index >= 15 is 0 Å². The van der Waals surface area contributed by atoms with Crippen LogP contribution in [0.2, 0.25) is 0 Å². The topological polar surface area (TPSA) is 239 Å². The van der Waals surface area contributed by atoms with Crippen LogP contribution in [0.25, 0.3) is 0 Å². The summed E-state index contributed by atoms with van der Waals surface area (Å²) in [6, 6.07) is 0. The number of phosphoric acid groups is 3. The van der Waals surface area contributed by atoms with Gasteiger partial charge in [-0.15, -0.1) is 0 Å². The van der Waals surface area contributed by atoms with Crippen LogP contribution in [0.5, 0.6) is 0 Å². The molecular formula is C10H23O15P3. The zero-order chi connectivity index (χ0) is 21.8. The Kier molecular flexibility index (Phi) is 9.83. The summed E-state index contributed by atoms with van der Waals surface area (Å²) in [4.78, 5) is 54.2. The third-order valence-electron chi connectivity index (χ3n) is 3.31. The van der Waals surface area contributed by atoms with Gasteiger partial charge in [-0.05, 0) is 6.42 Å². The Labute approximate surface area is 159 Å². The molecule has 1 fully saturated rings. The summed E-state index contributed by atoms with van der Waals surface area (Å²) < 4.78 is 56.9. The number of unbranched alkanes of at least 4 members (excludes halogenated alkanes) is 1. The van der Waals surface area contributed by atoms with Gasteiger partial charge in [-0.2, -0.15) is 0 Å². The van der Waals surface area contributed by atoms with Crippen LogP contribution in [0.15, 0.2) is 0 Å². The van der Waals surface area contributed by atoms with E-state index in [0.717, 1.165) is 6.42 Å². The SMILES string of the molecule is CCCCOC[C@H]1OC(O)[C@H](OP(=O)(O)O)[C@@H](OP(=O)(O)O)[C@H]1OP(=O)(O)O. The molecule has 1 rings (SSSR count). The highest BCUT2D eigenvalue weighted by Gasteiger charge is 2.53. The first-order chi connectivity index (χ1) is 12.6. The Morgan fingerprint density at radius 1 is 0.821 bits per heavy atom. The van der Waals surface area contributed by atoms with Gasteiger partial charge in [-0.1, -0.05) is 13.3 Å². The van der Waals surface area contributed by atoms with Crippen molar-refractivity contribution in [3.05, 3.63) is 0 Å². The molecule has 1 aliphatic heterocycles. The van der Waals surface area contributed by atoms with Gasteiger partial charge in [-0.3, -0.25) is 13.6 Å². The lowest BCUT2D eigenvalue weighted by atomic mass is 9.99. The zero-order valence-corrected chi connectivity index (χ0v) is 17.1. The van der Waals surface area contributed by atoms with E-state index in [-0.39, 0.29) is 6.61 Å². The molecule has 1 heterocycles. The highest BCUT2D eigenvalue weighted by atomic mass is 31.2. The number of phosphoric ester groups is 3. The Morgan fingerprint density at radius 2 is 1.29 bits per heavy atom. The van der Waals surface area contributed by atoms with E-state index in [1.807, 2.05) is 6.92 Å². The second-order valence-electron chi connectivity index (χ2n) is 5.68. The number of ether oxygens (including phenoxy) is 2. The van der Waals surface area contributed by atoms with Gasteiger partial charge in [0.05, 0.1) is 6.61 Å². The third-order valence-corrected chi connectivity index (χ3v) is 4.86. The van der Waals surface area contributed by atoms with E-state index in [1.54, 1.807) is 0 Å². The molecule has 5 atom stereocenters. The lowest BCUT2D eigenvalue weighted by Crippen LogP contribution is -2.60. The van der Waals surface area contributed by atoms with Crippen molar-refractivity contribution in [3.63, 3.8) is 0 Å². The predicted octanol–water partition coefficient (Wildman–Crippen LogP) is -1.05. The van der Waals surface area contributed by atoms with Gasteiger partial charge < -0.3 is 43.9 Å². The molecule has 7 N–H and O–H groups in total. The minimum Gasteiger partial charge on any atom is -0.379 e. The first-order valence-electron chi connectivity index (χ1n) is 7.76. The molecule has 1 aliphatic rings. The molecule has 0 aromatic rings. The number of aliphatic hydroxyl groups is 1. The Hall–Kier alpha value is 0.210. The molecule has 1 saturated heterocycles. The summed E-state index contributed by atoms with van der Waals surface area (Å²) in [6.07, 6.45) is -8.94. The third kappa shape index (κ3) is 9.81. The van der Waals surface area contributed by atoms with E-state index in [0.29, 0.717) is 6.42 Å². The zero-order valence-electron chi connectivity index (χ0n) is 14.5. The summed E-state index contributed by atoms with van der Waals surface area (Å²) >= 11 is 0. The Bertz CT molecular complexity index is 624. The van der Waals surface area contributed by atoms with E-state index in [9.17, 15) is 18.8 Å². The van der Waals surface area contributed by atoms with Crippen LogP contribution < -0.4 is 0 Å². The highest BCUT2D eigenvalue weighted by Crippen LogP contribution is 2.49. The summed E-state index contributed by atoms with van der Waals surface area (Å²) in [6.45, 7) is 1.59. The molecule has 28 heavy (non-hydrogen) atoms. The normalized spacial score (nSPS) is 29.8. The molecule has 0 saturated carbocycles. The fraction of sp³-hybridized carbons (Fsp3) is 1.00. The van der Waals surface area contributed by atoms with Crippen LogP contribution in [0, 0.1) is 0 Å². The van der Waals surface area contributed by atoms with Gasteiger partial charge in [0.1, 0.15) is 24.4 Å². The summed E-state index contributed by atoms with van der Waals surface area (Å²) in [7, 11) is -16.1. The smallest absolute Gasteiger partial charge is 0.379 e. The minimum absolute atomic E-state index is 0.182. The second-order valence-corrected chi connectivity index (χ2v) is 9.25. The second kappa shape index (κ2) is 10.5. The Balaban J connectivity index is 3.21. The number of hydrogen-bond acceptors (Lipinski definition) is 9. The maximum Gasteiger partial charge on any atom is 0.470 e. The van der Waals surface area contributed by atoms with Crippen molar-refractivity contribution in [2.45, 2.75) is 50.5 Å². The van der Waals surface area contributed by atoms with E-state index in [4.69, 9.17) is 38.8 Å². The van der Waals surface area contributed by atoms with Crippen molar-refractivity contribution in [2.75, 3.05) is 13.2 Å². The molecule has 18 heteroatoms. The first-order valence-corrected chi connectivity index (χ1v) is 12.3. The monoisotopic (exact) mass is 476 g/mol. The van der Waals surface area contributed by atoms with Crippen molar-refractivity contribution in [1.29, 1.82) is 0 Å². The maximum absolute atomic E-state index is 11.3. The van der Waals surface area contributed by atoms with Crippen LogP contribution in [0.3, 0.4) is 0 Å². The molecule has 0 spiro atoms. The quantitative estimate of drug-likeness (QED) is 0.139.